The van der Waals surface area contributed by atoms with Crippen LogP contribution in [0.2, 0.25) is 0 Å². The summed E-state index contributed by atoms with van der Waals surface area (Å²) in [5, 5.41) is 19.9. The van der Waals surface area contributed by atoms with E-state index in [1.54, 1.807) is 21.3 Å². The van der Waals surface area contributed by atoms with Gasteiger partial charge in [0.25, 0.3) is 0 Å². The van der Waals surface area contributed by atoms with E-state index in [4.69, 9.17) is 19.3 Å². The van der Waals surface area contributed by atoms with Crippen LogP contribution in [0.25, 0.3) is 10.8 Å². The smallest absolute Gasteiger partial charge is 0.164 e. The molecule has 1 heterocycles. The molecule has 0 bridgehead atoms. The molecular weight excluding hydrogens is 428 g/mol. The number of anilines is 1. The van der Waals surface area contributed by atoms with Crippen LogP contribution in [-0.4, -0.2) is 32.1 Å². The number of phenolic OH excluding ortho intramolecular Hbond substituents is 1. The van der Waals surface area contributed by atoms with Gasteiger partial charge < -0.3 is 19.3 Å². The molecular formula is C28H26N2O4. The van der Waals surface area contributed by atoms with Gasteiger partial charge in [-0.15, -0.1) is 0 Å². The van der Waals surface area contributed by atoms with Gasteiger partial charge in [-0.3, -0.25) is 5.01 Å². The topological polar surface area (TPSA) is 63.5 Å². The van der Waals surface area contributed by atoms with Gasteiger partial charge in [0.05, 0.1) is 38.8 Å². The Hall–Kier alpha value is -4.19. The van der Waals surface area contributed by atoms with Gasteiger partial charge in [0.15, 0.2) is 11.5 Å². The Morgan fingerprint density at radius 3 is 2.21 bits per heavy atom. The van der Waals surface area contributed by atoms with Crippen LogP contribution in [-0.2, 0) is 0 Å². The second-order valence-corrected chi connectivity index (χ2v) is 8.08. The maximum Gasteiger partial charge on any atom is 0.164 e. The minimum atomic E-state index is -0.168. The summed E-state index contributed by atoms with van der Waals surface area (Å²) in [6, 6.07) is 25.4. The minimum absolute atomic E-state index is 0.168. The highest BCUT2D eigenvalue weighted by molar-refractivity contribution is 6.09. The molecule has 1 N–H and O–H groups in total. The molecule has 5 rings (SSSR count). The number of ether oxygens (including phenoxy) is 3. The molecule has 0 amide bonds. The number of aromatic hydroxyl groups is 1. The quantitative estimate of drug-likeness (QED) is 0.391. The first-order chi connectivity index (χ1) is 16.6. The normalized spacial score (nSPS) is 15.3. The molecule has 0 aromatic heterocycles. The zero-order valence-corrected chi connectivity index (χ0v) is 19.4. The number of rotatable bonds is 6. The summed E-state index contributed by atoms with van der Waals surface area (Å²) in [5.41, 5.74) is 3.39. The first-order valence-electron chi connectivity index (χ1n) is 11.1. The van der Waals surface area contributed by atoms with E-state index in [2.05, 4.69) is 0 Å². The molecule has 1 unspecified atom stereocenters. The lowest BCUT2D eigenvalue weighted by molar-refractivity contribution is 0.346. The van der Waals surface area contributed by atoms with Crippen LogP contribution in [0.3, 0.4) is 0 Å². The third kappa shape index (κ3) is 3.67. The number of hydrogen-bond acceptors (Lipinski definition) is 6. The fourth-order valence-electron chi connectivity index (χ4n) is 4.54. The lowest BCUT2D eigenvalue weighted by Gasteiger charge is -2.26. The number of nitrogens with zero attached hydrogens (tertiary/aromatic N) is 2. The van der Waals surface area contributed by atoms with Crippen molar-refractivity contribution >= 4 is 22.2 Å². The Morgan fingerprint density at radius 1 is 0.794 bits per heavy atom. The van der Waals surface area contributed by atoms with Crippen LogP contribution >= 0.6 is 0 Å². The summed E-state index contributed by atoms with van der Waals surface area (Å²) < 4.78 is 16.8. The van der Waals surface area contributed by atoms with Crippen molar-refractivity contribution in [2.45, 2.75) is 12.5 Å². The molecule has 1 aliphatic heterocycles. The molecule has 0 saturated carbocycles. The van der Waals surface area contributed by atoms with Gasteiger partial charge in [0.1, 0.15) is 11.5 Å². The van der Waals surface area contributed by atoms with Crippen LogP contribution in [0, 0.1) is 0 Å². The Morgan fingerprint density at radius 2 is 1.47 bits per heavy atom. The highest BCUT2D eigenvalue weighted by Crippen LogP contribution is 2.45. The first-order valence-corrected chi connectivity index (χ1v) is 11.1. The highest BCUT2D eigenvalue weighted by atomic mass is 16.5. The van der Waals surface area contributed by atoms with E-state index in [-0.39, 0.29) is 11.8 Å². The van der Waals surface area contributed by atoms with Crippen molar-refractivity contribution in [3.05, 3.63) is 90.0 Å². The molecule has 1 atom stereocenters. The predicted octanol–water partition coefficient (Wildman–Crippen LogP) is 5.93. The Kier molecular flexibility index (Phi) is 5.72. The van der Waals surface area contributed by atoms with Crippen LogP contribution < -0.4 is 19.2 Å². The molecule has 172 valence electrons. The van der Waals surface area contributed by atoms with E-state index < -0.39 is 0 Å². The summed E-state index contributed by atoms with van der Waals surface area (Å²) in [7, 11) is 4.86. The molecule has 0 spiro atoms. The van der Waals surface area contributed by atoms with Crippen molar-refractivity contribution in [3.63, 3.8) is 0 Å². The fourth-order valence-corrected chi connectivity index (χ4v) is 4.54. The SMILES string of the molecule is COc1cc(OC)c(C2CC(c3ccc4ccccc4c3O)=NN2c2ccccc2)cc1OC. The zero-order chi connectivity index (χ0) is 23.7. The predicted molar refractivity (Wildman–Crippen MR) is 135 cm³/mol. The third-order valence-corrected chi connectivity index (χ3v) is 6.24. The van der Waals surface area contributed by atoms with Gasteiger partial charge in [-0.2, -0.15) is 5.10 Å². The summed E-state index contributed by atoms with van der Waals surface area (Å²) in [5.74, 6) is 2.14. The number of fused-ring (bicyclic) bond motifs is 1. The van der Waals surface area contributed by atoms with E-state index in [0.29, 0.717) is 23.7 Å². The van der Waals surface area contributed by atoms with Gasteiger partial charge >= 0.3 is 0 Å². The monoisotopic (exact) mass is 454 g/mol. The molecule has 1 aliphatic rings. The van der Waals surface area contributed by atoms with E-state index >= 15 is 0 Å². The van der Waals surface area contributed by atoms with Gasteiger partial charge in [-0.1, -0.05) is 48.5 Å². The summed E-state index contributed by atoms with van der Waals surface area (Å²) >= 11 is 0. The van der Waals surface area contributed by atoms with Crippen molar-refractivity contribution < 1.29 is 19.3 Å². The fraction of sp³-hybridized carbons (Fsp3) is 0.179. The zero-order valence-electron chi connectivity index (χ0n) is 19.4. The van der Waals surface area contributed by atoms with Gasteiger partial charge in [-0.25, -0.2) is 0 Å². The van der Waals surface area contributed by atoms with Crippen molar-refractivity contribution in [1.82, 2.24) is 0 Å². The second-order valence-electron chi connectivity index (χ2n) is 8.08. The number of hydrazone groups is 1. The van der Waals surface area contributed by atoms with Crippen molar-refractivity contribution in [1.29, 1.82) is 0 Å². The molecule has 34 heavy (non-hydrogen) atoms. The number of hydrogen-bond donors (Lipinski definition) is 1. The van der Waals surface area contributed by atoms with Crippen LogP contribution in [0.1, 0.15) is 23.6 Å². The molecule has 0 fully saturated rings. The van der Waals surface area contributed by atoms with E-state index in [0.717, 1.165) is 33.3 Å². The maximum absolute atomic E-state index is 11.1. The molecule has 0 saturated heterocycles. The number of para-hydroxylation sites is 1. The summed E-state index contributed by atoms with van der Waals surface area (Å²) in [4.78, 5) is 0. The van der Waals surface area contributed by atoms with Crippen LogP contribution in [0.15, 0.2) is 84.0 Å². The molecule has 6 nitrogen and oxygen atoms in total. The number of phenols is 1. The molecule has 6 heteroatoms. The Balaban J connectivity index is 1.65. The first kappa shape index (κ1) is 21.6. The molecule has 0 radical (unpaired) electrons. The molecule has 4 aromatic rings. The molecule has 4 aromatic carbocycles. The Labute approximate surface area is 198 Å². The number of benzene rings is 4. The van der Waals surface area contributed by atoms with Crippen LogP contribution in [0.4, 0.5) is 5.69 Å². The second kappa shape index (κ2) is 8.98. The average Bonchev–Trinajstić information content (AvgIpc) is 3.33. The summed E-state index contributed by atoms with van der Waals surface area (Å²) in [6.07, 6.45) is 0.576. The largest absolute Gasteiger partial charge is 0.507 e. The summed E-state index contributed by atoms with van der Waals surface area (Å²) in [6.45, 7) is 0. The van der Waals surface area contributed by atoms with Crippen molar-refractivity contribution in [2.24, 2.45) is 5.10 Å². The third-order valence-electron chi connectivity index (χ3n) is 6.24. The van der Waals surface area contributed by atoms with Gasteiger partial charge in [0, 0.05) is 29.0 Å². The highest BCUT2D eigenvalue weighted by Gasteiger charge is 2.34. The minimum Gasteiger partial charge on any atom is -0.507 e. The van der Waals surface area contributed by atoms with Gasteiger partial charge in [0.2, 0.25) is 0 Å². The lowest BCUT2D eigenvalue weighted by atomic mass is 9.95. The van der Waals surface area contributed by atoms with Gasteiger partial charge in [-0.05, 0) is 29.7 Å². The van der Waals surface area contributed by atoms with E-state index in [9.17, 15) is 5.11 Å². The Bertz CT molecular complexity index is 1370. The van der Waals surface area contributed by atoms with E-state index in [1.807, 2.05) is 83.9 Å². The van der Waals surface area contributed by atoms with Crippen molar-refractivity contribution in [2.75, 3.05) is 26.3 Å². The lowest BCUT2D eigenvalue weighted by Crippen LogP contribution is -2.19. The average molecular weight is 455 g/mol. The standard InChI is InChI=1S/C28H26N2O4/c1-32-25-17-27(34-3)26(33-2)15-22(25)24-16-23(29-30(24)19-10-5-4-6-11-19)21-14-13-18-9-7-8-12-20(18)28(21)31/h4-15,17,24,31H,16H2,1-3H3. The maximum atomic E-state index is 11.1. The molecule has 0 aliphatic carbocycles. The number of methoxy groups -OCH3 is 3. The van der Waals surface area contributed by atoms with Crippen LogP contribution in [0.5, 0.6) is 23.0 Å². The van der Waals surface area contributed by atoms with E-state index in [1.165, 1.54) is 0 Å². The van der Waals surface area contributed by atoms with Crippen molar-refractivity contribution in [3.8, 4) is 23.0 Å².